The van der Waals surface area contributed by atoms with Gasteiger partial charge in [0, 0.05) is 36.6 Å². The maximum absolute atomic E-state index is 12.9. The number of carbonyl (C=O) groups is 1. The van der Waals surface area contributed by atoms with Crippen LogP contribution in [0.25, 0.3) is 0 Å². The summed E-state index contributed by atoms with van der Waals surface area (Å²) in [6, 6.07) is 13.3. The molecule has 35 heavy (non-hydrogen) atoms. The molecule has 0 unspecified atom stereocenters. The molecule has 2 aromatic carbocycles. The maximum Gasteiger partial charge on any atom is 0.284 e. The number of amidine groups is 2. The first-order valence-corrected chi connectivity index (χ1v) is 11.8. The highest BCUT2D eigenvalue weighted by atomic mass is 32.2. The van der Waals surface area contributed by atoms with Gasteiger partial charge in [0.1, 0.15) is 22.2 Å². The molecule has 12 heteroatoms. The Balaban J connectivity index is 1.96. The zero-order valence-electron chi connectivity index (χ0n) is 18.7. The Morgan fingerprint density at radius 2 is 1.77 bits per heavy atom. The zero-order valence-corrected chi connectivity index (χ0v) is 19.5. The summed E-state index contributed by atoms with van der Waals surface area (Å²) in [4.78, 5) is 16.1. The average molecular weight is 497 g/mol. The van der Waals surface area contributed by atoms with Crippen molar-refractivity contribution in [3.63, 3.8) is 0 Å². The van der Waals surface area contributed by atoms with Crippen molar-refractivity contribution in [2.45, 2.75) is 18.2 Å². The quantitative estimate of drug-likeness (QED) is 0.211. The minimum absolute atomic E-state index is 0.0196. The van der Waals surface area contributed by atoms with Crippen LogP contribution >= 0.6 is 0 Å². The number of primary amides is 1. The second-order valence-corrected chi connectivity index (χ2v) is 9.27. The van der Waals surface area contributed by atoms with E-state index in [2.05, 4.69) is 9.71 Å². The molecule has 0 aliphatic rings. The highest BCUT2D eigenvalue weighted by Gasteiger charge is 2.28. The van der Waals surface area contributed by atoms with E-state index in [0.29, 0.717) is 12.1 Å². The van der Waals surface area contributed by atoms with Gasteiger partial charge in [-0.2, -0.15) is 0 Å². The van der Waals surface area contributed by atoms with E-state index in [9.17, 15) is 23.4 Å². The molecule has 0 saturated carbocycles. The van der Waals surface area contributed by atoms with Crippen LogP contribution < -0.4 is 15.4 Å². The Bertz CT molecular complexity index is 1380. The van der Waals surface area contributed by atoms with Crippen LogP contribution in [0, 0.1) is 17.7 Å². The minimum Gasteiger partial charge on any atom is -0.507 e. The third-order valence-electron chi connectivity index (χ3n) is 4.99. The molecular weight excluding hydrogens is 472 g/mol. The summed E-state index contributed by atoms with van der Waals surface area (Å²) in [7, 11) is -4.27. The Morgan fingerprint density at radius 1 is 1.09 bits per heavy atom. The van der Waals surface area contributed by atoms with Crippen LogP contribution in [0.3, 0.4) is 0 Å². The van der Waals surface area contributed by atoms with Gasteiger partial charge in [0.05, 0.1) is 5.56 Å². The van der Waals surface area contributed by atoms with Gasteiger partial charge in [0.25, 0.3) is 5.91 Å². The van der Waals surface area contributed by atoms with Crippen molar-refractivity contribution in [1.29, 1.82) is 10.8 Å². The molecule has 11 nitrogen and oxygen atoms in total. The Labute approximate surface area is 201 Å². The number of aromatic nitrogens is 1. The Kier molecular flexibility index (Phi) is 7.47. The third-order valence-corrected chi connectivity index (χ3v) is 6.48. The van der Waals surface area contributed by atoms with Crippen molar-refractivity contribution in [1.82, 2.24) is 9.71 Å². The summed E-state index contributed by atoms with van der Waals surface area (Å²) < 4.78 is 28.1. The Hall–Kier alpha value is -4.29. The van der Waals surface area contributed by atoms with Gasteiger partial charge < -0.3 is 15.9 Å². The van der Waals surface area contributed by atoms with E-state index in [1.165, 1.54) is 12.1 Å². The third kappa shape index (κ3) is 5.80. The molecule has 0 saturated heterocycles. The van der Waals surface area contributed by atoms with Crippen molar-refractivity contribution in [3.8, 4) is 11.5 Å². The molecule has 0 radical (unpaired) electrons. The topological polar surface area (TPSA) is 194 Å². The number of nitrogens with zero attached hydrogens (tertiary/aromatic N) is 2. The summed E-state index contributed by atoms with van der Waals surface area (Å²) >= 11 is 0. The first kappa shape index (κ1) is 25.3. The molecule has 182 valence electrons. The lowest BCUT2D eigenvalue weighted by atomic mass is 10.1. The second-order valence-electron chi connectivity index (χ2n) is 7.54. The highest BCUT2D eigenvalue weighted by molar-refractivity contribution is 7.89. The minimum atomic E-state index is -4.27. The van der Waals surface area contributed by atoms with Crippen LogP contribution in [0.1, 0.15) is 16.8 Å². The number of hydrogen-bond acceptors (Lipinski definition) is 8. The van der Waals surface area contributed by atoms with Crippen LogP contribution in [0.15, 0.2) is 65.7 Å². The molecule has 1 heterocycles. The van der Waals surface area contributed by atoms with E-state index in [1.807, 2.05) is 6.92 Å². The zero-order chi connectivity index (χ0) is 25.8. The number of rotatable bonds is 7. The fourth-order valence-corrected chi connectivity index (χ4v) is 4.33. The van der Waals surface area contributed by atoms with Crippen molar-refractivity contribution >= 4 is 33.3 Å². The smallest absolute Gasteiger partial charge is 0.284 e. The van der Waals surface area contributed by atoms with Gasteiger partial charge in [0.15, 0.2) is 5.84 Å². The van der Waals surface area contributed by atoms with Gasteiger partial charge in [-0.05, 0) is 37.3 Å². The number of phenolic OH excluding ortho intramolecular Hbond substituents is 2. The number of carbonyl (C=O) groups excluding carboxylic acids is 1. The van der Waals surface area contributed by atoms with Crippen molar-refractivity contribution < 1.29 is 23.4 Å². The van der Waals surface area contributed by atoms with Gasteiger partial charge in [0.2, 0.25) is 10.0 Å². The highest BCUT2D eigenvalue weighted by Crippen LogP contribution is 2.32. The number of aromatic hydroxyl groups is 2. The molecule has 1 aromatic heterocycles. The number of nitrogens with one attached hydrogen (secondary N) is 3. The van der Waals surface area contributed by atoms with Gasteiger partial charge >= 0.3 is 0 Å². The number of sulfonamides is 1. The van der Waals surface area contributed by atoms with E-state index in [1.54, 1.807) is 36.5 Å². The maximum atomic E-state index is 12.9. The van der Waals surface area contributed by atoms with E-state index >= 15 is 0 Å². The number of benzene rings is 2. The van der Waals surface area contributed by atoms with Crippen LogP contribution in [0.2, 0.25) is 0 Å². The van der Waals surface area contributed by atoms with Crippen LogP contribution in [-0.2, 0) is 21.2 Å². The number of phenols is 2. The average Bonchev–Trinajstić information content (AvgIpc) is 2.80. The molecule has 7 N–H and O–H groups in total. The molecule has 0 bridgehead atoms. The van der Waals surface area contributed by atoms with Gasteiger partial charge in [-0.15, -0.1) is 0 Å². The fourth-order valence-electron chi connectivity index (χ4n) is 3.19. The summed E-state index contributed by atoms with van der Waals surface area (Å²) in [5.41, 5.74) is 6.68. The van der Waals surface area contributed by atoms with E-state index in [4.69, 9.17) is 16.6 Å². The first-order chi connectivity index (χ1) is 16.5. The van der Waals surface area contributed by atoms with Crippen molar-refractivity contribution in [2.75, 3.05) is 11.4 Å². The van der Waals surface area contributed by atoms with Gasteiger partial charge in [-0.3, -0.25) is 25.5 Å². The lowest BCUT2D eigenvalue weighted by Crippen LogP contribution is -2.44. The Morgan fingerprint density at radius 3 is 2.37 bits per heavy atom. The lowest BCUT2D eigenvalue weighted by Gasteiger charge is -2.25. The fraction of sp³-hybridized carbons (Fsp3) is 0.130. The molecule has 0 aliphatic heterocycles. The molecule has 0 spiro atoms. The van der Waals surface area contributed by atoms with Crippen LogP contribution in [0.5, 0.6) is 11.5 Å². The SMILES string of the molecule is Cc1ccc(N(C(=N)C(N)=O)C(=N)c2cc(S(=O)(=O)NCCc3ccccn3)c(O)cc2O)cc1. The number of amides is 1. The number of hydrogen-bond donors (Lipinski definition) is 6. The van der Waals surface area contributed by atoms with Gasteiger partial charge in [-0.1, -0.05) is 23.8 Å². The molecule has 0 atom stereocenters. The number of aryl methyl sites for hydroxylation is 1. The summed E-state index contributed by atoms with van der Waals surface area (Å²) in [6.07, 6.45) is 1.87. The largest absolute Gasteiger partial charge is 0.507 e. The predicted molar refractivity (Wildman–Crippen MR) is 130 cm³/mol. The van der Waals surface area contributed by atoms with Crippen molar-refractivity contribution in [3.05, 3.63) is 77.6 Å². The first-order valence-electron chi connectivity index (χ1n) is 10.3. The molecular formula is C23H24N6O5S. The lowest BCUT2D eigenvalue weighted by molar-refractivity contribution is -0.112. The summed E-state index contributed by atoms with van der Waals surface area (Å²) in [5.74, 6) is -3.88. The second kappa shape index (κ2) is 10.3. The summed E-state index contributed by atoms with van der Waals surface area (Å²) in [6.45, 7) is 1.80. The molecule has 3 aromatic rings. The predicted octanol–water partition coefficient (Wildman–Crippen LogP) is 1.62. The van der Waals surface area contributed by atoms with Crippen LogP contribution in [-0.4, -0.2) is 47.7 Å². The molecule has 1 amide bonds. The standard InChI is InChI=1S/C23H24N6O5S/c1-14-5-7-16(8-6-14)29(22(25)23(26)32)21(24)17-12-20(19(31)13-18(17)30)35(33,34)28-11-9-15-4-2-3-10-27-15/h2-8,10,12-13,24-25,28,30-31H,9,11H2,1H3,(H2,26,32). The van der Waals surface area contributed by atoms with Crippen molar-refractivity contribution in [2.24, 2.45) is 5.73 Å². The number of anilines is 1. The number of nitrogens with two attached hydrogens (primary N) is 1. The summed E-state index contributed by atoms with van der Waals surface area (Å²) in [5, 5.41) is 37.3. The monoisotopic (exact) mass is 496 g/mol. The van der Waals surface area contributed by atoms with E-state index < -0.39 is 44.0 Å². The molecule has 0 aliphatic carbocycles. The van der Waals surface area contributed by atoms with Gasteiger partial charge in [-0.25, -0.2) is 13.1 Å². The van der Waals surface area contributed by atoms with E-state index in [-0.39, 0.29) is 17.8 Å². The van der Waals surface area contributed by atoms with E-state index in [0.717, 1.165) is 22.6 Å². The van der Waals surface area contributed by atoms with Crippen LogP contribution in [0.4, 0.5) is 5.69 Å². The normalized spacial score (nSPS) is 11.1. The molecule has 0 fully saturated rings. The number of pyridine rings is 1. The molecule has 3 rings (SSSR count).